The molecule has 0 aliphatic rings. The molecular formula is C6H7ClN4. The summed E-state index contributed by atoms with van der Waals surface area (Å²) in [7, 11) is 0. The van der Waals surface area contributed by atoms with E-state index in [4.69, 9.17) is 5.73 Å². The van der Waals surface area contributed by atoms with Crippen LogP contribution in [0.15, 0.2) is 18.5 Å². The Morgan fingerprint density at radius 3 is 3.09 bits per heavy atom. The molecule has 2 heterocycles. The number of rotatable bonds is 0. The lowest BCUT2D eigenvalue weighted by Crippen LogP contribution is -1.90. The van der Waals surface area contributed by atoms with Crippen LogP contribution >= 0.6 is 12.4 Å². The van der Waals surface area contributed by atoms with Gasteiger partial charge in [0.2, 0.25) is 0 Å². The third kappa shape index (κ3) is 1.25. The highest BCUT2D eigenvalue weighted by Crippen LogP contribution is 2.06. The van der Waals surface area contributed by atoms with Crippen molar-refractivity contribution in [2.24, 2.45) is 0 Å². The van der Waals surface area contributed by atoms with Gasteiger partial charge >= 0.3 is 0 Å². The van der Waals surface area contributed by atoms with Crippen molar-refractivity contribution in [3.63, 3.8) is 0 Å². The van der Waals surface area contributed by atoms with E-state index >= 15 is 0 Å². The van der Waals surface area contributed by atoms with Gasteiger partial charge in [0.05, 0.1) is 6.20 Å². The minimum Gasteiger partial charge on any atom is -0.382 e. The van der Waals surface area contributed by atoms with Crippen LogP contribution in [0.2, 0.25) is 0 Å². The first kappa shape index (κ1) is 7.81. The maximum absolute atomic E-state index is 5.40. The first-order valence-corrected chi connectivity index (χ1v) is 2.92. The molecule has 2 aromatic heterocycles. The molecule has 0 saturated carbocycles. The Kier molecular flexibility index (Phi) is 1.96. The zero-order chi connectivity index (χ0) is 6.97. The molecule has 5 heteroatoms. The Bertz CT molecular complexity index is 356. The SMILES string of the molecule is Cl.Nc1cnc2[nH]ccc2n1. The Morgan fingerprint density at radius 2 is 2.27 bits per heavy atom. The topological polar surface area (TPSA) is 67.6 Å². The zero-order valence-corrected chi connectivity index (χ0v) is 6.43. The molecule has 3 N–H and O–H groups in total. The van der Waals surface area contributed by atoms with E-state index in [0.29, 0.717) is 5.82 Å². The molecular weight excluding hydrogens is 164 g/mol. The van der Waals surface area contributed by atoms with Gasteiger partial charge in [-0.15, -0.1) is 12.4 Å². The number of nitrogens with one attached hydrogen (secondary N) is 1. The van der Waals surface area contributed by atoms with Crippen LogP contribution in [0, 0.1) is 0 Å². The molecule has 0 aliphatic carbocycles. The van der Waals surface area contributed by atoms with E-state index < -0.39 is 0 Å². The summed E-state index contributed by atoms with van der Waals surface area (Å²) in [5, 5.41) is 0. The monoisotopic (exact) mass is 170 g/mol. The second-order valence-electron chi connectivity index (χ2n) is 2.01. The van der Waals surface area contributed by atoms with Gasteiger partial charge in [-0.1, -0.05) is 0 Å². The molecule has 0 atom stereocenters. The van der Waals surface area contributed by atoms with Crippen LogP contribution in [0.1, 0.15) is 0 Å². The second-order valence-corrected chi connectivity index (χ2v) is 2.01. The molecule has 0 radical (unpaired) electrons. The van der Waals surface area contributed by atoms with Crippen molar-refractivity contribution >= 4 is 29.4 Å². The fourth-order valence-electron chi connectivity index (χ4n) is 0.845. The summed E-state index contributed by atoms with van der Waals surface area (Å²) in [4.78, 5) is 10.9. The molecule has 0 aromatic carbocycles. The van der Waals surface area contributed by atoms with Crippen molar-refractivity contribution in [2.45, 2.75) is 0 Å². The van der Waals surface area contributed by atoms with Gasteiger partial charge in [-0.25, -0.2) is 9.97 Å². The minimum absolute atomic E-state index is 0. The van der Waals surface area contributed by atoms with E-state index in [9.17, 15) is 0 Å². The van der Waals surface area contributed by atoms with Crippen LogP contribution < -0.4 is 5.73 Å². The van der Waals surface area contributed by atoms with Crippen LogP contribution in [0.5, 0.6) is 0 Å². The lowest BCUT2D eigenvalue weighted by molar-refractivity contribution is 1.27. The predicted molar refractivity (Wildman–Crippen MR) is 45.5 cm³/mol. The molecule has 0 aliphatic heterocycles. The van der Waals surface area contributed by atoms with Crippen LogP contribution in [0.25, 0.3) is 11.2 Å². The maximum atomic E-state index is 5.40. The number of nitrogens with two attached hydrogens (primary N) is 1. The Morgan fingerprint density at radius 1 is 1.45 bits per heavy atom. The number of aromatic nitrogens is 3. The smallest absolute Gasteiger partial charge is 0.156 e. The molecule has 0 spiro atoms. The highest BCUT2D eigenvalue weighted by atomic mass is 35.5. The van der Waals surface area contributed by atoms with Crippen LogP contribution in [0.3, 0.4) is 0 Å². The van der Waals surface area contributed by atoms with E-state index in [0.717, 1.165) is 11.2 Å². The van der Waals surface area contributed by atoms with Crippen molar-refractivity contribution in [3.05, 3.63) is 18.5 Å². The molecule has 2 aromatic rings. The first-order valence-electron chi connectivity index (χ1n) is 2.92. The Hall–Kier alpha value is -1.29. The second kappa shape index (κ2) is 2.75. The van der Waals surface area contributed by atoms with Crippen LogP contribution in [-0.4, -0.2) is 15.0 Å². The fourth-order valence-corrected chi connectivity index (χ4v) is 0.845. The number of hydrogen-bond donors (Lipinski definition) is 2. The lowest BCUT2D eigenvalue weighted by atomic mass is 10.5. The third-order valence-corrected chi connectivity index (χ3v) is 1.28. The van der Waals surface area contributed by atoms with Gasteiger partial charge in [0.1, 0.15) is 11.3 Å². The van der Waals surface area contributed by atoms with E-state index in [2.05, 4.69) is 15.0 Å². The van der Waals surface area contributed by atoms with Gasteiger partial charge in [-0.2, -0.15) is 0 Å². The quantitative estimate of drug-likeness (QED) is 0.619. The molecule has 0 amide bonds. The number of fused-ring (bicyclic) bond motifs is 1. The zero-order valence-electron chi connectivity index (χ0n) is 5.61. The highest BCUT2D eigenvalue weighted by Gasteiger charge is 1.94. The number of H-pyrrole nitrogens is 1. The van der Waals surface area contributed by atoms with Gasteiger partial charge in [-0.05, 0) is 6.07 Å². The summed E-state index contributed by atoms with van der Waals surface area (Å²) >= 11 is 0. The summed E-state index contributed by atoms with van der Waals surface area (Å²) < 4.78 is 0. The molecule has 0 unspecified atom stereocenters. The summed E-state index contributed by atoms with van der Waals surface area (Å²) in [5.41, 5.74) is 6.97. The number of aromatic amines is 1. The number of halogens is 1. The van der Waals surface area contributed by atoms with Gasteiger partial charge in [0, 0.05) is 6.20 Å². The van der Waals surface area contributed by atoms with E-state index in [1.54, 1.807) is 6.20 Å². The highest BCUT2D eigenvalue weighted by molar-refractivity contribution is 5.85. The summed E-state index contributed by atoms with van der Waals surface area (Å²) in [6.07, 6.45) is 3.31. The third-order valence-electron chi connectivity index (χ3n) is 1.28. The Labute approximate surface area is 69.3 Å². The van der Waals surface area contributed by atoms with Crippen molar-refractivity contribution in [1.82, 2.24) is 15.0 Å². The Balaban J connectivity index is 0.000000605. The predicted octanol–water partition coefficient (Wildman–Crippen LogP) is 0.962. The average molecular weight is 171 g/mol. The number of anilines is 1. The average Bonchev–Trinajstić information content (AvgIpc) is 2.33. The van der Waals surface area contributed by atoms with Crippen LogP contribution in [-0.2, 0) is 0 Å². The van der Waals surface area contributed by atoms with Gasteiger partial charge in [0.25, 0.3) is 0 Å². The van der Waals surface area contributed by atoms with Crippen LogP contribution in [0.4, 0.5) is 5.82 Å². The van der Waals surface area contributed by atoms with Crippen molar-refractivity contribution in [2.75, 3.05) is 5.73 Å². The standard InChI is InChI=1S/C6H6N4.ClH/c7-5-3-9-6-4(10-5)1-2-8-6;/h1-3H,(H2,7,10)(H,8,9);1H. The van der Waals surface area contributed by atoms with E-state index in [1.807, 2.05) is 6.07 Å². The molecule has 4 nitrogen and oxygen atoms in total. The van der Waals surface area contributed by atoms with E-state index in [-0.39, 0.29) is 12.4 Å². The molecule has 11 heavy (non-hydrogen) atoms. The molecule has 0 bridgehead atoms. The molecule has 0 fully saturated rings. The van der Waals surface area contributed by atoms with E-state index in [1.165, 1.54) is 6.20 Å². The minimum atomic E-state index is 0. The summed E-state index contributed by atoms with van der Waals surface area (Å²) in [6, 6.07) is 1.83. The van der Waals surface area contributed by atoms with Crippen molar-refractivity contribution < 1.29 is 0 Å². The van der Waals surface area contributed by atoms with Crippen molar-refractivity contribution in [1.29, 1.82) is 0 Å². The largest absolute Gasteiger partial charge is 0.382 e. The fraction of sp³-hybridized carbons (Fsp3) is 0. The normalized spacial score (nSPS) is 9.45. The summed E-state index contributed by atoms with van der Waals surface area (Å²) in [5.74, 6) is 0.451. The number of nitrogen functional groups attached to an aromatic ring is 1. The number of nitrogens with zero attached hydrogens (tertiary/aromatic N) is 2. The molecule has 58 valence electrons. The summed E-state index contributed by atoms with van der Waals surface area (Å²) in [6.45, 7) is 0. The van der Waals surface area contributed by atoms with Gasteiger partial charge in [-0.3, -0.25) is 0 Å². The first-order chi connectivity index (χ1) is 4.86. The van der Waals surface area contributed by atoms with Gasteiger partial charge in [0.15, 0.2) is 5.65 Å². The molecule has 0 saturated heterocycles. The van der Waals surface area contributed by atoms with Gasteiger partial charge < -0.3 is 10.7 Å². The molecule has 2 rings (SSSR count). The lowest BCUT2D eigenvalue weighted by Gasteiger charge is -1.89. The number of hydrogen-bond acceptors (Lipinski definition) is 3. The maximum Gasteiger partial charge on any atom is 0.156 e. The van der Waals surface area contributed by atoms with Crippen molar-refractivity contribution in [3.8, 4) is 0 Å².